The molecule has 1 aliphatic rings. The Morgan fingerprint density at radius 1 is 1.35 bits per heavy atom. The lowest BCUT2D eigenvalue weighted by Gasteiger charge is -2.20. The molecule has 0 radical (unpaired) electrons. The van der Waals surface area contributed by atoms with Crippen molar-refractivity contribution in [2.45, 2.75) is 38.2 Å². The zero-order valence-electron chi connectivity index (χ0n) is 11.7. The normalized spacial score (nSPS) is 21.1. The standard InChI is InChI=1S/C16H20O4/c1-20-14-9-5-4-8-13(14)16(19)15(18)11-6-2-3-7-12(17)10-11/h4-5,8-9,11,15,18H,2-3,6-7,10H2,1H3/t11-,15-/m1/s1. The molecule has 0 aromatic heterocycles. The highest BCUT2D eigenvalue weighted by Gasteiger charge is 2.31. The van der Waals surface area contributed by atoms with E-state index in [1.807, 2.05) is 0 Å². The summed E-state index contributed by atoms with van der Waals surface area (Å²) < 4.78 is 5.15. The van der Waals surface area contributed by atoms with Gasteiger partial charge in [0.15, 0.2) is 5.78 Å². The van der Waals surface area contributed by atoms with E-state index in [0.29, 0.717) is 30.6 Å². The predicted octanol–water partition coefficient (Wildman–Crippen LogP) is 2.39. The third-order valence-corrected chi connectivity index (χ3v) is 3.86. The topological polar surface area (TPSA) is 63.6 Å². The largest absolute Gasteiger partial charge is 0.496 e. The maximum atomic E-state index is 12.4. The molecular formula is C16H20O4. The smallest absolute Gasteiger partial charge is 0.195 e. The first-order valence-electron chi connectivity index (χ1n) is 7.00. The Hall–Kier alpha value is -1.68. The zero-order valence-corrected chi connectivity index (χ0v) is 11.7. The zero-order chi connectivity index (χ0) is 14.5. The first-order valence-corrected chi connectivity index (χ1v) is 7.00. The monoisotopic (exact) mass is 276 g/mol. The summed E-state index contributed by atoms with van der Waals surface area (Å²) in [6, 6.07) is 6.85. The van der Waals surface area contributed by atoms with Gasteiger partial charge in [-0.3, -0.25) is 9.59 Å². The summed E-state index contributed by atoms with van der Waals surface area (Å²) in [6.45, 7) is 0. The molecule has 0 unspecified atom stereocenters. The predicted molar refractivity (Wildman–Crippen MR) is 74.9 cm³/mol. The first kappa shape index (κ1) is 14.7. The summed E-state index contributed by atoms with van der Waals surface area (Å²) >= 11 is 0. The summed E-state index contributed by atoms with van der Waals surface area (Å²) in [7, 11) is 1.49. The lowest BCUT2D eigenvalue weighted by molar-refractivity contribution is -0.120. The van der Waals surface area contributed by atoms with Gasteiger partial charge >= 0.3 is 0 Å². The number of carbonyl (C=O) groups excluding carboxylic acids is 2. The van der Waals surface area contributed by atoms with Crippen LogP contribution in [0.4, 0.5) is 0 Å². The van der Waals surface area contributed by atoms with Crippen LogP contribution in [0.1, 0.15) is 42.5 Å². The molecule has 0 bridgehead atoms. The van der Waals surface area contributed by atoms with Gasteiger partial charge in [0, 0.05) is 12.8 Å². The fraction of sp³-hybridized carbons (Fsp3) is 0.500. The molecular weight excluding hydrogens is 256 g/mol. The minimum Gasteiger partial charge on any atom is -0.496 e. The van der Waals surface area contributed by atoms with E-state index in [4.69, 9.17) is 4.74 Å². The van der Waals surface area contributed by atoms with E-state index in [1.54, 1.807) is 24.3 Å². The minimum atomic E-state index is -1.13. The molecule has 1 N–H and O–H groups in total. The van der Waals surface area contributed by atoms with Crippen LogP contribution in [0.2, 0.25) is 0 Å². The van der Waals surface area contributed by atoms with E-state index in [-0.39, 0.29) is 17.5 Å². The van der Waals surface area contributed by atoms with Gasteiger partial charge < -0.3 is 9.84 Å². The molecule has 1 saturated carbocycles. The molecule has 2 atom stereocenters. The highest BCUT2D eigenvalue weighted by atomic mass is 16.5. The fourth-order valence-electron chi connectivity index (χ4n) is 2.72. The van der Waals surface area contributed by atoms with Crippen molar-refractivity contribution in [2.24, 2.45) is 5.92 Å². The van der Waals surface area contributed by atoms with Crippen LogP contribution in [0.15, 0.2) is 24.3 Å². The SMILES string of the molecule is COc1ccccc1C(=O)[C@H](O)[C@@H]1CCCCC(=O)C1. The number of rotatable bonds is 4. The molecule has 0 saturated heterocycles. The van der Waals surface area contributed by atoms with Crippen molar-refractivity contribution < 1.29 is 19.4 Å². The molecule has 2 rings (SSSR count). The summed E-state index contributed by atoms with van der Waals surface area (Å²) in [4.78, 5) is 24.0. The van der Waals surface area contributed by atoms with E-state index in [1.165, 1.54) is 7.11 Å². The number of para-hydroxylation sites is 1. The summed E-state index contributed by atoms with van der Waals surface area (Å²) in [5.74, 6) is -0.0413. The molecule has 108 valence electrons. The number of ether oxygens (including phenoxy) is 1. The van der Waals surface area contributed by atoms with Crippen molar-refractivity contribution in [2.75, 3.05) is 7.11 Å². The summed E-state index contributed by atoms with van der Waals surface area (Å²) in [6.07, 6.45) is 2.17. The average Bonchev–Trinajstić information content (AvgIpc) is 2.70. The van der Waals surface area contributed by atoms with Crippen molar-refractivity contribution in [3.8, 4) is 5.75 Å². The molecule has 4 heteroatoms. The number of aliphatic hydroxyl groups excluding tert-OH is 1. The second kappa shape index (κ2) is 6.66. The van der Waals surface area contributed by atoms with Crippen LogP contribution in [0.5, 0.6) is 5.75 Å². The average molecular weight is 276 g/mol. The van der Waals surface area contributed by atoms with Gasteiger partial charge in [-0.25, -0.2) is 0 Å². The van der Waals surface area contributed by atoms with Gasteiger partial charge in [-0.15, -0.1) is 0 Å². The van der Waals surface area contributed by atoms with Crippen LogP contribution >= 0.6 is 0 Å². The number of hydrogen-bond acceptors (Lipinski definition) is 4. The van der Waals surface area contributed by atoms with E-state index in [2.05, 4.69) is 0 Å². The third kappa shape index (κ3) is 3.25. The Balaban J connectivity index is 2.17. The molecule has 1 aliphatic carbocycles. The Morgan fingerprint density at radius 3 is 2.85 bits per heavy atom. The van der Waals surface area contributed by atoms with Crippen molar-refractivity contribution in [1.82, 2.24) is 0 Å². The van der Waals surface area contributed by atoms with Gasteiger partial charge in [-0.2, -0.15) is 0 Å². The molecule has 0 spiro atoms. The highest BCUT2D eigenvalue weighted by molar-refractivity contribution is 6.02. The molecule has 1 aromatic carbocycles. The fourth-order valence-corrected chi connectivity index (χ4v) is 2.72. The van der Waals surface area contributed by atoms with Crippen LogP contribution in [-0.2, 0) is 4.79 Å². The molecule has 0 aliphatic heterocycles. The Morgan fingerprint density at radius 2 is 2.10 bits per heavy atom. The van der Waals surface area contributed by atoms with Gasteiger partial charge in [-0.1, -0.05) is 18.6 Å². The van der Waals surface area contributed by atoms with Gasteiger partial charge in [0.1, 0.15) is 17.6 Å². The van der Waals surface area contributed by atoms with Crippen molar-refractivity contribution in [3.63, 3.8) is 0 Å². The third-order valence-electron chi connectivity index (χ3n) is 3.86. The van der Waals surface area contributed by atoms with Gasteiger partial charge in [0.25, 0.3) is 0 Å². The lowest BCUT2D eigenvalue weighted by Crippen LogP contribution is -2.31. The molecule has 20 heavy (non-hydrogen) atoms. The van der Waals surface area contributed by atoms with Gasteiger partial charge in [0.2, 0.25) is 0 Å². The van der Waals surface area contributed by atoms with E-state index in [9.17, 15) is 14.7 Å². The highest BCUT2D eigenvalue weighted by Crippen LogP contribution is 2.27. The Bertz CT molecular complexity index is 495. The van der Waals surface area contributed by atoms with Crippen LogP contribution < -0.4 is 4.74 Å². The number of Topliss-reactive ketones (excluding diaryl/α,β-unsaturated/α-hetero) is 2. The van der Waals surface area contributed by atoms with E-state index < -0.39 is 6.10 Å². The van der Waals surface area contributed by atoms with Crippen LogP contribution in [0.25, 0.3) is 0 Å². The maximum Gasteiger partial charge on any atom is 0.195 e. The molecule has 4 nitrogen and oxygen atoms in total. The van der Waals surface area contributed by atoms with Crippen LogP contribution in [-0.4, -0.2) is 29.9 Å². The molecule has 0 heterocycles. The molecule has 1 fully saturated rings. The second-order valence-corrected chi connectivity index (χ2v) is 5.26. The van der Waals surface area contributed by atoms with Crippen molar-refractivity contribution in [3.05, 3.63) is 29.8 Å². The minimum absolute atomic E-state index is 0.138. The van der Waals surface area contributed by atoms with Gasteiger partial charge in [-0.05, 0) is 30.9 Å². The second-order valence-electron chi connectivity index (χ2n) is 5.26. The summed E-state index contributed by atoms with van der Waals surface area (Å²) in [5.41, 5.74) is 0.374. The number of methoxy groups -OCH3 is 1. The maximum absolute atomic E-state index is 12.4. The Kier molecular flexibility index (Phi) is 4.90. The number of aliphatic hydroxyl groups is 1. The number of carbonyl (C=O) groups is 2. The van der Waals surface area contributed by atoms with Crippen molar-refractivity contribution in [1.29, 1.82) is 0 Å². The number of benzene rings is 1. The van der Waals surface area contributed by atoms with Gasteiger partial charge in [0.05, 0.1) is 12.7 Å². The quantitative estimate of drug-likeness (QED) is 0.677. The van der Waals surface area contributed by atoms with E-state index in [0.717, 1.165) is 12.8 Å². The lowest BCUT2D eigenvalue weighted by atomic mass is 9.88. The number of hydrogen-bond donors (Lipinski definition) is 1. The molecule has 1 aromatic rings. The van der Waals surface area contributed by atoms with E-state index >= 15 is 0 Å². The van der Waals surface area contributed by atoms with Crippen LogP contribution in [0.3, 0.4) is 0 Å². The Labute approximate surface area is 118 Å². The summed E-state index contributed by atoms with van der Waals surface area (Å²) in [5, 5.41) is 10.3. The first-order chi connectivity index (χ1) is 9.63. The number of ketones is 2. The van der Waals surface area contributed by atoms with Crippen molar-refractivity contribution >= 4 is 11.6 Å². The molecule has 0 amide bonds. The van der Waals surface area contributed by atoms with Crippen LogP contribution in [0, 0.1) is 5.92 Å².